The van der Waals surface area contributed by atoms with Crippen molar-refractivity contribution in [2.75, 3.05) is 13.2 Å². The fourth-order valence-electron chi connectivity index (χ4n) is 1.34. The first-order valence-electron chi connectivity index (χ1n) is 4.52. The third-order valence-corrected chi connectivity index (χ3v) is 4.32. The van der Waals surface area contributed by atoms with Gasteiger partial charge >= 0.3 is 0 Å². The largest absolute Gasteiger partial charge is 0.284 e. The van der Waals surface area contributed by atoms with Crippen molar-refractivity contribution >= 4 is 26.0 Å². The van der Waals surface area contributed by atoms with E-state index in [0.717, 1.165) is 15.4 Å². The van der Waals surface area contributed by atoms with Gasteiger partial charge in [0.1, 0.15) is 0 Å². The van der Waals surface area contributed by atoms with Crippen molar-refractivity contribution in [3.8, 4) is 0 Å². The fraction of sp³-hybridized carbons (Fsp3) is 0.333. The highest BCUT2D eigenvalue weighted by molar-refractivity contribution is 9.10. The number of hydrogen-bond acceptors (Lipinski definition) is 3. The molecule has 1 saturated heterocycles. The summed E-state index contributed by atoms with van der Waals surface area (Å²) in [5.74, 6) is 0. The third kappa shape index (κ3) is 2.23. The molecule has 1 aromatic rings. The van der Waals surface area contributed by atoms with E-state index < -0.39 is 10.0 Å². The molecule has 1 fully saturated rings. The molecule has 82 valence electrons. The van der Waals surface area contributed by atoms with Gasteiger partial charge in [-0.15, -0.1) is 0 Å². The molecule has 1 aliphatic heterocycles. The minimum atomic E-state index is -3.47. The van der Waals surface area contributed by atoms with Crippen LogP contribution in [0.5, 0.6) is 0 Å². The highest BCUT2D eigenvalue weighted by Gasteiger charge is 2.28. The average molecular weight is 292 g/mol. The van der Waals surface area contributed by atoms with Crippen molar-refractivity contribution in [3.63, 3.8) is 0 Å². The van der Waals surface area contributed by atoms with Gasteiger partial charge in [0.05, 0.1) is 11.5 Å². The van der Waals surface area contributed by atoms with E-state index in [-0.39, 0.29) is 4.90 Å². The lowest BCUT2D eigenvalue weighted by molar-refractivity contribution is -0.0284. The molecule has 1 heterocycles. The summed E-state index contributed by atoms with van der Waals surface area (Å²) < 4.78 is 25.8. The van der Waals surface area contributed by atoms with Crippen molar-refractivity contribution in [3.05, 3.63) is 28.7 Å². The molecular formula is C9H10BrNO3S. The number of hydrogen-bond donors (Lipinski definition) is 0. The molecular weight excluding hydrogens is 282 g/mol. The van der Waals surface area contributed by atoms with Crippen LogP contribution in [0.2, 0.25) is 0 Å². The summed E-state index contributed by atoms with van der Waals surface area (Å²) in [6, 6.07) is 6.51. The molecule has 1 aromatic carbocycles. The first-order chi connectivity index (χ1) is 7.10. The van der Waals surface area contributed by atoms with E-state index in [1.165, 1.54) is 0 Å². The van der Waals surface area contributed by atoms with Crippen LogP contribution in [-0.4, -0.2) is 26.0 Å². The number of halogens is 1. The van der Waals surface area contributed by atoms with Gasteiger partial charge in [-0.25, -0.2) is 8.42 Å². The van der Waals surface area contributed by atoms with Gasteiger partial charge in [-0.3, -0.25) is 4.84 Å². The average Bonchev–Trinajstić information content (AvgIpc) is 2.71. The van der Waals surface area contributed by atoms with Gasteiger partial charge in [-0.1, -0.05) is 20.4 Å². The Kier molecular flexibility index (Phi) is 3.11. The summed E-state index contributed by atoms with van der Waals surface area (Å²) in [5, 5.41) is 0. The minimum absolute atomic E-state index is 0.257. The van der Waals surface area contributed by atoms with Crippen molar-refractivity contribution < 1.29 is 13.3 Å². The predicted octanol–water partition coefficient (Wildman–Crippen LogP) is 1.78. The van der Waals surface area contributed by atoms with E-state index in [4.69, 9.17) is 4.84 Å². The maximum absolute atomic E-state index is 11.9. The first kappa shape index (κ1) is 11.1. The predicted molar refractivity (Wildman–Crippen MR) is 58.6 cm³/mol. The molecule has 0 amide bonds. The molecule has 1 aliphatic rings. The van der Waals surface area contributed by atoms with Gasteiger partial charge < -0.3 is 0 Å². The van der Waals surface area contributed by atoms with E-state index in [9.17, 15) is 8.42 Å². The Morgan fingerprint density at radius 1 is 1.27 bits per heavy atom. The molecule has 0 aliphatic carbocycles. The Balaban J connectivity index is 2.32. The van der Waals surface area contributed by atoms with E-state index in [1.807, 2.05) is 0 Å². The standard InChI is InChI=1S/C9H10BrNO3S/c10-8-2-4-9(5-3-8)15(12,13)11-6-1-7-14-11/h2-5H,1,6-7H2. The molecule has 0 bridgehead atoms. The molecule has 15 heavy (non-hydrogen) atoms. The molecule has 6 heteroatoms. The lowest BCUT2D eigenvalue weighted by atomic mass is 10.4. The maximum atomic E-state index is 11.9. The van der Waals surface area contributed by atoms with Crippen molar-refractivity contribution in [2.24, 2.45) is 0 Å². The fourth-order valence-corrected chi connectivity index (χ4v) is 2.90. The van der Waals surface area contributed by atoms with Crippen LogP contribution in [0.4, 0.5) is 0 Å². The molecule has 0 aromatic heterocycles. The summed E-state index contributed by atoms with van der Waals surface area (Å²) in [4.78, 5) is 5.29. The number of sulfonamides is 1. The van der Waals surface area contributed by atoms with Crippen LogP contribution in [0.3, 0.4) is 0 Å². The quantitative estimate of drug-likeness (QED) is 0.834. The SMILES string of the molecule is O=S(=O)(c1ccc(Br)cc1)N1CCCO1. The summed E-state index contributed by atoms with van der Waals surface area (Å²) in [6.45, 7) is 0.897. The van der Waals surface area contributed by atoms with Crippen LogP contribution in [-0.2, 0) is 14.9 Å². The molecule has 0 unspecified atom stereocenters. The van der Waals surface area contributed by atoms with Crippen LogP contribution in [0, 0.1) is 0 Å². The Labute approximate surface area is 97.0 Å². The molecule has 0 radical (unpaired) electrons. The van der Waals surface area contributed by atoms with Gasteiger partial charge in [-0.05, 0) is 30.7 Å². The molecule has 0 spiro atoms. The van der Waals surface area contributed by atoms with E-state index >= 15 is 0 Å². The Morgan fingerprint density at radius 3 is 2.47 bits per heavy atom. The van der Waals surface area contributed by atoms with Crippen molar-refractivity contribution in [1.29, 1.82) is 0 Å². The summed E-state index contributed by atoms with van der Waals surface area (Å²) in [7, 11) is -3.47. The molecule has 0 saturated carbocycles. The van der Waals surface area contributed by atoms with Gasteiger partial charge in [0.25, 0.3) is 10.0 Å². The zero-order valence-corrected chi connectivity index (χ0v) is 10.3. The molecule has 2 rings (SSSR count). The molecule has 4 nitrogen and oxygen atoms in total. The topological polar surface area (TPSA) is 46.6 Å². The Hall–Kier alpha value is -0.430. The molecule has 0 atom stereocenters. The van der Waals surface area contributed by atoms with E-state index in [2.05, 4.69) is 15.9 Å². The van der Waals surface area contributed by atoms with Crippen LogP contribution in [0.15, 0.2) is 33.6 Å². The minimum Gasteiger partial charge on any atom is -0.284 e. The second kappa shape index (κ2) is 4.21. The summed E-state index contributed by atoms with van der Waals surface area (Å²) in [6.07, 6.45) is 0.746. The second-order valence-electron chi connectivity index (χ2n) is 3.17. The van der Waals surface area contributed by atoms with Crippen LogP contribution in [0.1, 0.15) is 6.42 Å². The van der Waals surface area contributed by atoms with Crippen molar-refractivity contribution in [2.45, 2.75) is 11.3 Å². The van der Waals surface area contributed by atoms with Crippen LogP contribution >= 0.6 is 15.9 Å². The number of rotatable bonds is 2. The number of benzene rings is 1. The highest BCUT2D eigenvalue weighted by Crippen LogP contribution is 2.21. The number of hydroxylamine groups is 1. The lowest BCUT2D eigenvalue weighted by Gasteiger charge is -2.13. The highest BCUT2D eigenvalue weighted by atomic mass is 79.9. The van der Waals surface area contributed by atoms with Gasteiger partial charge in [-0.2, -0.15) is 0 Å². The Bertz CT molecular complexity index is 437. The van der Waals surface area contributed by atoms with Gasteiger partial charge in [0.2, 0.25) is 0 Å². The third-order valence-electron chi connectivity index (χ3n) is 2.10. The smallest absolute Gasteiger partial charge is 0.265 e. The maximum Gasteiger partial charge on any atom is 0.265 e. The van der Waals surface area contributed by atoms with Crippen LogP contribution < -0.4 is 0 Å². The van der Waals surface area contributed by atoms with Crippen LogP contribution in [0.25, 0.3) is 0 Å². The summed E-state index contributed by atoms with van der Waals surface area (Å²) in [5.41, 5.74) is 0. The Morgan fingerprint density at radius 2 is 1.93 bits per heavy atom. The van der Waals surface area contributed by atoms with Gasteiger partial charge in [0.15, 0.2) is 0 Å². The summed E-state index contributed by atoms with van der Waals surface area (Å²) >= 11 is 3.26. The number of nitrogens with zero attached hydrogens (tertiary/aromatic N) is 1. The monoisotopic (exact) mass is 291 g/mol. The second-order valence-corrected chi connectivity index (χ2v) is 5.92. The lowest BCUT2D eigenvalue weighted by Crippen LogP contribution is -2.26. The molecule has 0 N–H and O–H groups in total. The zero-order valence-electron chi connectivity index (χ0n) is 7.89. The van der Waals surface area contributed by atoms with Crippen molar-refractivity contribution in [1.82, 2.24) is 4.47 Å². The van der Waals surface area contributed by atoms with E-state index in [0.29, 0.717) is 13.2 Å². The van der Waals surface area contributed by atoms with Gasteiger partial charge in [0, 0.05) is 11.0 Å². The normalized spacial score (nSPS) is 18.2. The zero-order chi connectivity index (χ0) is 10.9. The van der Waals surface area contributed by atoms with E-state index in [1.54, 1.807) is 24.3 Å². The first-order valence-corrected chi connectivity index (χ1v) is 6.75.